The minimum atomic E-state index is -3.16. The zero-order valence-electron chi connectivity index (χ0n) is 8.88. The molecule has 0 aliphatic carbocycles. The monoisotopic (exact) mass is 252 g/mol. The summed E-state index contributed by atoms with van der Waals surface area (Å²) in [6.07, 6.45) is 0. The van der Waals surface area contributed by atoms with E-state index in [0.717, 1.165) is 11.1 Å². The molecule has 0 aliphatic rings. The van der Waals surface area contributed by atoms with E-state index in [-0.39, 0.29) is 5.75 Å². The Kier molecular flexibility index (Phi) is 3.12. The second-order valence-corrected chi connectivity index (χ2v) is 6.84. The van der Waals surface area contributed by atoms with Crippen molar-refractivity contribution in [3.8, 4) is 0 Å². The molecule has 1 aromatic carbocycles. The Balaban J connectivity index is 2.25. The molecular weight excluding hydrogens is 240 g/mol. The molecule has 2 nitrogen and oxygen atoms in total. The summed E-state index contributed by atoms with van der Waals surface area (Å²) in [7, 11) is -3.16. The van der Waals surface area contributed by atoms with Crippen LogP contribution < -0.4 is 0 Å². The first kappa shape index (κ1) is 11.4. The Morgan fingerprint density at radius 3 is 2.38 bits per heavy atom. The molecule has 0 bridgehead atoms. The minimum Gasteiger partial charge on any atom is -0.223 e. The van der Waals surface area contributed by atoms with Gasteiger partial charge < -0.3 is 0 Å². The van der Waals surface area contributed by atoms with Gasteiger partial charge in [0.05, 0.1) is 5.75 Å². The smallest absolute Gasteiger partial charge is 0.191 e. The molecule has 0 saturated heterocycles. The molecule has 0 N–H and O–H groups in total. The lowest BCUT2D eigenvalue weighted by atomic mass is 10.2. The van der Waals surface area contributed by atoms with Crippen molar-refractivity contribution < 1.29 is 8.42 Å². The maximum absolute atomic E-state index is 12.0. The van der Waals surface area contributed by atoms with Crippen molar-refractivity contribution in [2.45, 2.75) is 16.9 Å². The summed E-state index contributed by atoms with van der Waals surface area (Å²) in [5.74, 6) is 0.0772. The van der Waals surface area contributed by atoms with Crippen molar-refractivity contribution in [1.82, 2.24) is 0 Å². The first-order chi connectivity index (χ1) is 7.58. The predicted molar refractivity (Wildman–Crippen MR) is 66.4 cm³/mol. The van der Waals surface area contributed by atoms with Crippen LogP contribution in [0.15, 0.2) is 46.0 Å². The molecule has 0 aliphatic heterocycles. The van der Waals surface area contributed by atoms with Gasteiger partial charge in [-0.15, -0.1) is 11.3 Å². The molecule has 0 unspecified atom stereocenters. The van der Waals surface area contributed by atoms with Crippen molar-refractivity contribution >= 4 is 21.2 Å². The summed E-state index contributed by atoms with van der Waals surface area (Å²) in [6.45, 7) is 1.98. The van der Waals surface area contributed by atoms with Crippen LogP contribution in [0.1, 0.15) is 11.1 Å². The Labute approximate surface area is 99.5 Å². The van der Waals surface area contributed by atoms with Crippen LogP contribution in [0.3, 0.4) is 0 Å². The lowest BCUT2D eigenvalue weighted by molar-refractivity contribution is 0.597. The fourth-order valence-corrected chi connectivity index (χ4v) is 3.85. The van der Waals surface area contributed by atoms with Crippen LogP contribution in [-0.2, 0) is 15.6 Å². The second kappa shape index (κ2) is 4.39. The van der Waals surface area contributed by atoms with E-state index in [1.54, 1.807) is 17.5 Å². The summed E-state index contributed by atoms with van der Waals surface area (Å²) >= 11 is 1.26. The Morgan fingerprint density at radius 1 is 1.12 bits per heavy atom. The highest BCUT2D eigenvalue weighted by Gasteiger charge is 2.15. The van der Waals surface area contributed by atoms with E-state index in [4.69, 9.17) is 0 Å². The molecule has 2 aromatic rings. The number of thiophene rings is 1. The first-order valence-electron chi connectivity index (χ1n) is 4.90. The summed E-state index contributed by atoms with van der Waals surface area (Å²) < 4.78 is 24.4. The standard InChI is InChI=1S/C12H12O2S2/c1-10-4-6-11(7-5-10)9-16(13,14)12-3-2-8-15-12/h2-8H,9H2,1H3. The summed E-state index contributed by atoms with van der Waals surface area (Å²) in [4.78, 5) is 0. The van der Waals surface area contributed by atoms with Gasteiger partial charge in [-0.1, -0.05) is 35.9 Å². The van der Waals surface area contributed by atoms with Gasteiger partial charge in [0.15, 0.2) is 9.84 Å². The quantitative estimate of drug-likeness (QED) is 0.841. The molecule has 0 radical (unpaired) electrons. The average Bonchev–Trinajstić information content (AvgIpc) is 2.75. The molecule has 0 amide bonds. The third kappa shape index (κ3) is 2.51. The Bertz CT molecular complexity index is 552. The summed E-state index contributed by atoms with van der Waals surface area (Å²) in [5.41, 5.74) is 1.97. The lowest BCUT2D eigenvalue weighted by Gasteiger charge is -2.02. The number of sulfone groups is 1. The van der Waals surface area contributed by atoms with Gasteiger partial charge in [0.2, 0.25) is 0 Å². The van der Waals surface area contributed by atoms with Gasteiger partial charge in [0.1, 0.15) is 4.21 Å². The molecule has 2 rings (SSSR count). The molecular formula is C12H12O2S2. The molecule has 0 saturated carbocycles. The topological polar surface area (TPSA) is 34.1 Å². The molecule has 0 atom stereocenters. The van der Waals surface area contributed by atoms with E-state index in [1.165, 1.54) is 11.3 Å². The highest BCUT2D eigenvalue weighted by molar-refractivity contribution is 7.92. The van der Waals surface area contributed by atoms with E-state index in [0.29, 0.717) is 4.21 Å². The lowest BCUT2D eigenvalue weighted by Crippen LogP contribution is -2.02. The third-order valence-electron chi connectivity index (χ3n) is 2.28. The zero-order chi connectivity index (χ0) is 11.6. The van der Waals surface area contributed by atoms with Crippen LogP contribution in [0, 0.1) is 6.92 Å². The first-order valence-corrected chi connectivity index (χ1v) is 7.43. The van der Waals surface area contributed by atoms with E-state index in [9.17, 15) is 8.42 Å². The van der Waals surface area contributed by atoms with E-state index in [2.05, 4.69) is 0 Å². The number of benzene rings is 1. The SMILES string of the molecule is Cc1ccc(CS(=O)(=O)c2cccs2)cc1. The molecule has 4 heteroatoms. The minimum absolute atomic E-state index is 0.0772. The fourth-order valence-electron chi connectivity index (χ4n) is 1.42. The van der Waals surface area contributed by atoms with Crippen LogP contribution in [0.2, 0.25) is 0 Å². The molecule has 1 aromatic heterocycles. The maximum atomic E-state index is 12.0. The number of rotatable bonds is 3. The summed E-state index contributed by atoms with van der Waals surface area (Å²) in [6, 6.07) is 11.0. The molecule has 0 spiro atoms. The average molecular weight is 252 g/mol. The fraction of sp³-hybridized carbons (Fsp3) is 0.167. The van der Waals surface area contributed by atoms with Crippen molar-refractivity contribution in [2.24, 2.45) is 0 Å². The van der Waals surface area contributed by atoms with Crippen molar-refractivity contribution in [1.29, 1.82) is 0 Å². The second-order valence-electron chi connectivity index (χ2n) is 3.68. The van der Waals surface area contributed by atoms with Gasteiger partial charge in [-0.25, -0.2) is 8.42 Å². The van der Waals surface area contributed by atoms with Gasteiger partial charge in [-0.2, -0.15) is 0 Å². The maximum Gasteiger partial charge on any atom is 0.191 e. The molecule has 1 heterocycles. The third-order valence-corrected chi connectivity index (χ3v) is 5.45. The normalized spacial score (nSPS) is 11.6. The van der Waals surface area contributed by atoms with Crippen molar-refractivity contribution in [3.05, 3.63) is 52.9 Å². The van der Waals surface area contributed by atoms with Gasteiger partial charge in [-0.05, 0) is 23.9 Å². The van der Waals surface area contributed by atoms with Gasteiger partial charge in [0.25, 0.3) is 0 Å². The number of hydrogen-bond acceptors (Lipinski definition) is 3. The molecule has 84 valence electrons. The Morgan fingerprint density at radius 2 is 1.81 bits per heavy atom. The van der Waals surface area contributed by atoms with Gasteiger partial charge >= 0.3 is 0 Å². The largest absolute Gasteiger partial charge is 0.223 e. The van der Waals surface area contributed by atoms with E-state index >= 15 is 0 Å². The zero-order valence-corrected chi connectivity index (χ0v) is 10.5. The molecule has 16 heavy (non-hydrogen) atoms. The van der Waals surface area contributed by atoms with Crippen LogP contribution in [0.5, 0.6) is 0 Å². The van der Waals surface area contributed by atoms with Crippen LogP contribution >= 0.6 is 11.3 Å². The predicted octanol–water partition coefficient (Wildman–Crippen LogP) is 3.03. The van der Waals surface area contributed by atoms with E-state index in [1.807, 2.05) is 31.2 Å². The highest BCUT2D eigenvalue weighted by atomic mass is 32.2. The number of hydrogen-bond donors (Lipinski definition) is 0. The van der Waals surface area contributed by atoms with Gasteiger partial charge in [-0.3, -0.25) is 0 Å². The van der Waals surface area contributed by atoms with E-state index < -0.39 is 9.84 Å². The van der Waals surface area contributed by atoms with Crippen LogP contribution in [-0.4, -0.2) is 8.42 Å². The molecule has 0 fully saturated rings. The van der Waals surface area contributed by atoms with Crippen molar-refractivity contribution in [3.63, 3.8) is 0 Å². The summed E-state index contributed by atoms with van der Waals surface area (Å²) in [5, 5.41) is 1.78. The highest BCUT2D eigenvalue weighted by Crippen LogP contribution is 2.21. The van der Waals surface area contributed by atoms with Crippen LogP contribution in [0.25, 0.3) is 0 Å². The Hall–Kier alpha value is -1.13. The number of aryl methyl sites for hydroxylation is 1. The van der Waals surface area contributed by atoms with Crippen molar-refractivity contribution in [2.75, 3.05) is 0 Å². The van der Waals surface area contributed by atoms with Gasteiger partial charge in [0, 0.05) is 0 Å². The van der Waals surface area contributed by atoms with Crippen LogP contribution in [0.4, 0.5) is 0 Å².